The topological polar surface area (TPSA) is 106 Å². The molecule has 8 heteroatoms. The Morgan fingerprint density at radius 2 is 1.83 bits per heavy atom. The van der Waals surface area contributed by atoms with E-state index in [0.29, 0.717) is 11.4 Å². The van der Waals surface area contributed by atoms with Crippen LogP contribution in [0.25, 0.3) is 0 Å². The van der Waals surface area contributed by atoms with Gasteiger partial charge in [0.15, 0.2) is 11.6 Å². The van der Waals surface area contributed by atoms with Crippen LogP contribution >= 0.6 is 0 Å². The molecule has 2 amide bonds. The highest BCUT2D eigenvalue weighted by Crippen LogP contribution is 2.04. The van der Waals surface area contributed by atoms with Crippen LogP contribution in [0.15, 0.2) is 66.4 Å². The second-order valence-corrected chi connectivity index (χ2v) is 5.45. The third-order valence-corrected chi connectivity index (χ3v) is 3.02. The van der Waals surface area contributed by atoms with E-state index in [1.54, 1.807) is 31.2 Å². The molecule has 0 aromatic carbocycles. The Kier molecular flexibility index (Phi) is 11.9. The first-order valence-electron chi connectivity index (χ1n) is 9.04. The van der Waals surface area contributed by atoms with E-state index in [1.165, 1.54) is 0 Å². The van der Waals surface area contributed by atoms with Crippen LogP contribution in [0.3, 0.4) is 0 Å². The molecule has 1 rings (SSSR count). The van der Waals surface area contributed by atoms with Crippen LogP contribution in [0.2, 0.25) is 0 Å². The molecule has 0 saturated carbocycles. The number of hydrogen-bond donors (Lipinski definition) is 2. The summed E-state index contributed by atoms with van der Waals surface area (Å²) in [5, 5.41) is 12.7. The number of amides is 2. The van der Waals surface area contributed by atoms with Gasteiger partial charge in [-0.05, 0) is 45.6 Å². The van der Waals surface area contributed by atoms with Crippen molar-refractivity contribution in [3.05, 3.63) is 72.7 Å². The quantitative estimate of drug-likeness (QED) is 0.377. The number of aromatic nitrogens is 2. The van der Waals surface area contributed by atoms with Crippen LogP contribution in [-0.4, -0.2) is 27.7 Å². The largest absolute Gasteiger partial charge is 0.436 e. The molecular weight excluding hydrogens is 370 g/mol. The van der Waals surface area contributed by atoms with Crippen LogP contribution in [0.4, 0.5) is 0 Å². The SMILES string of the molecule is C=C(NC(=O)C(=C)N=C(C)/C=C\C)OC(=C)C(=O)NCc1ccc(C)nn1.CC. The first kappa shape index (κ1) is 25.4. The molecule has 0 aliphatic heterocycles. The zero-order chi connectivity index (χ0) is 22.4. The molecule has 0 aliphatic rings. The molecule has 8 nitrogen and oxygen atoms in total. The van der Waals surface area contributed by atoms with E-state index in [-0.39, 0.29) is 23.9 Å². The van der Waals surface area contributed by atoms with E-state index in [0.717, 1.165) is 5.69 Å². The number of rotatable bonds is 9. The second-order valence-electron chi connectivity index (χ2n) is 5.45. The number of hydrogen-bond acceptors (Lipinski definition) is 6. The van der Waals surface area contributed by atoms with E-state index in [1.807, 2.05) is 27.7 Å². The Morgan fingerprint density at radius 3 is 2.38 bits per heavy atom. The second kappa shape index (κ2) is 13.6. The molecular formula is C21H29N5O3. The summed E-state index contributed by atoms with van der Waals surface area (Å²) in [5.41, 5.74) is 1.95. The minimum absolute atomic E-state index is 0.0247. The molecule has 0 bridgehead atoms. The Hall–Kier alpha value is -3.55. The minimum atomic E-state index is -0.605. The summed E-state index contributed by atoms with van der Waals surface area (Å²) in [4.78, 5) is 27.9. The average Bonchev–Trinajstić information content (AvgIpc) is 2.68. The number of carbonyl (C=O) groups excluding carboxylic acids is 2. The van der Waals surface area contributed by atoms with Crippen molar-refractivity contribution in [1.29, 1.82) is 0 Å². The number of carbonyl (C=O) groups is 2. The normalized spacial score (nSPS) is 10.4. The molecule has 156 valence electrons. The zero-order valence-electron chi connectivity index (χ0n) is 17.7. The van der Waals surface area contributed by atoms with Crippen LogP contribution < -0.4 is 10.6 Å². The first-order valence-corrected chi connectivity index (χ1v) is 9.04. The zero-order valence-corrected chi connectivity index (χ0v) is 17.7. The van der Waals surface area contributed by atoms with Gasteiger partial charge in [-0.3, -0.25) is 14.9 Å². The number of ether oxygens (including phenoxy) is 1. The van der Waals surface area contributed by atoms with Gasteiger partial charge in [0.05, 0.1) is 17.9 Å². The number of nitrogens with zero attached hydrogens (tertiary/aromatic N) is 3. The number of aryl methyl sites for hydroxylation is 1. The van der Waals surface area contributed by atoms with E-state index in [9.17, 15) is 9.59 Å². The molecule has 0 unspecified atom stereocenters. The van der Waals surface area contributed by atoms with Gasteiger partial charge in [0.2, 0.25) is 0 Å². The summed E-state index contributed by atoms with van der Waals surface area (Å²) in [7, 11) is 0. The highest BCUT2D eigenvalue weighted by molar-refractivity contribution is 6.00. The Bertz CT molecular complexity index is 808. The van der Waals surface area contributed by atoms with E-state index < -0.39 is 11.8 Å². The molecule has 1 heterocycles. The van der Waals surface area contributed by atoms with Crippen molar-refractivity contribution < 1.29 is 14.3 Å². The summed E-state index contributed by atoms with van der Waals surface area (Å²) < 4.78 is 5.12. The van der Waals surface area contributed by atoms with Crippen molar-refractivity contribution in [2.45, 2.75) is 41.2 Å². The molecule has 1 aromatic heterocycles. The lowest BCUT2D eigenvalue weighted by Gasteiger charge is -2.12. The molecule has 0 saturated heterocycles. The molecule has 2 N–H and O–H groups in total. The van der Waals surface area contributed by atoms with Crippen LogP contribution in [-0.2, 0) is 20.9 Å². The minimum Gasteiger partial charge on any atom is -0.436 e. The van der Waals surface area contributed by atoms with Crippen molar-refractivity contribution in [2.75, 3.05) is 0 Å². The molecule has 0 atom stereocenters. The maximum atomic E-state index is 12.0. The predicted octanol–water partition coefficient (Wildman–Crippen LogP) is 3.10. The van der Waals surface area contributed by atoms with Crippen LogP contribution in [0.5, 0.6) is 0 Å². The lowest BCUT2D eigenvalue weighted by Crippen LogP contribution is -2.29. The number of aliphatic imine (C=N–C) groups is 1. The Labute approximate surface area is 172 Å². The molecule has 0 spiro atoms. The summed E-state index contributed by atoms with van der Waals surface area (Å²) in [6.07, 6.45) is 3.52. The maximum absolute atomic E-state index is 12.0. The van der Waals surface area contributed by atoms with Gasteiger partial charge in [-0.25, -0.2) is 4.99 Å². The Morgan fingerprint density at radius 1 is 1.17 bits per heavy atom. The van der Waals surface area contributed by atoms with Gasteiger partial charge in [-0.2, -0.15) is 10.2 Å². The van der Waals surface area contributed by atoms with Crippen LogP contribution in [0, 0.1) is 6.92 Å². The van der Waals surface area contributed by atoms with Gasteiger partial charge >= 0.3 is 0 Å². The van der Waals surface area contributed by atoms with Crippen molar-refractivity contribution in [3.8, 4) is 0 Å². The molecule has 1 aromatic rings. The van der Waals surface area contributed by atoms with Crippen molar-refractivity contribution in [1.82, 2.24) is 20.8 Å². The number of allylic oxidation sites excluding steroid dienone is 2. The lowest BCUT2D eigenvalue weighted by molar-refractivity contribution is -0.122. The fourth-order valence-corrected chi connectivity index (χ4v) is 1.75. The third-order valence-electron chi connectivity index (χ3n) is 3.02. The van der Waals surface area contributed by atoms with Crippen molar-refractivity contribution in [2.24, 2.45) is 4.99 Å². The van der Waals surface area contributed by atoms with Gasteiger partial charge in [0.25, 0.3) is 11.8 Å². The number of nitrogens with one attached hydrogen (secondary N) is 2. The standard InChI is InChI=1S/C19H23N5O3.C2H6/c1-7-8-12(2)21-14(4)18(25)22-16(6)27-15(5)19(26)20-11-17-10-9-13(3)23-24-17;1-2/h7-10H,4-6,11H2,1-3H3,(H,20,26)(H,22,25);1-2H3/b8-7-,21-12?;. The van der Waals surface area contributed by atoms with E-state index in [4.69, 9.17) is 4.74 Å². The van der Waals surface area contributed by atoms with Gasteiger partial charge in [-0.1, -0.05) is 33.1 Å². The molecule has 0 radical (unpaired) electrons. The highest BCUT2D eigenvalue weighted by atomic mass is 16.5. The monoisotopic (exact) mass is 399 g/mol. The van der Waals surface area contributed by atoms with E-state index in [2.05, 4.69) is 45.6 Å². The summed E-state index contributed by atoms with van der Waals surface area (Å²) in [5.74, 6) is -1.59. The van der Waals surface area contributed by atoms with Gasteiger partial charge in [0.1, 0.15) is 5.70 Å². The lowest BCUT2D eigenvalue weighted by atomic mass is 10.3. The third kappa shape index (κ3) is 10.4. The maximum Gasteiger partial charge on any atom is 0.286 e. The fraction of sp³-hybridized carbons (Fsp3) is 0.286. The smallest absolute Gasteiger partial charge is 0.286 e. The first-order chi connectivity index (χ1) is 13.7. The van der Waals surface area contributed by atoms with Gasteiger partial charge in [-0.15, -0.1) is 0 Å². The average molecular weight is 399 g/mol. The predicted molar refractivity (Wildman–Crippen MR) is 115 cm³/mol. The van der Waals surface area contributed by atoms with Gasteiger partial charge < -0.3 is 10.1 Å². The molecule has 0 aliphatic carbocycles. The molecule has 0 fully saturated rings. The Balaban J connectivity index is 0.00000379. The fourth-order valence-electron chi connectivity index (χ4n) is 1.75. The molecule has 29 heavy (non-hydrogen) atoms. The van der Waals surface area contributed by atoms with Crippen LogP contribution in [0.1, 0.15) is 39.1 Å². The van der Waals surface area contributed by atoms with Crippen molar-refractivity contribution >= 4 is 17.5 Å². The summed E-state index contributed by atoms with van der Waals surface area (Å²) >= 11 is 0. The van der Waals surface area contributed by atoms with E-state index >= 15 is 0 Å². The van der Waals surface area contributed by atoms with Gasteiger partial charge in [0, 0.05) is 5.71 Å². The summed E-state index contributed by atoms with van der Waals surface area (Å²) in [6.45, 7) is 20.1. The van der Waals surface area contributed by atoms with Crippen molar-refractivity contribution in [3.63, 3.8) is 0 Å². The summed E-state index contributed by atoms with van der Waals surface area (Å²) in [6, 6.07) is 3.53. The highest BCUT2D eigenvalue weighted by Gasteiger charge is 2.13.